The van der Waals surface area contributed by atoms with Gasteiger partial charge in [0.15, 0.2) is 11.4 Å². The molecule has 6 nitrogen and oxygen atoms in total. The number of amides is 1. The summed E-state index contributed by atoms with van der Waals surface area (Å²) in [5, 5.41) is 2.68. The molecule has 0 aliphatic heterocycles. The number of benzene rings is 1. The van der Waals surface area contributed by atoms with Crippen molar-refractivity contribution in [1.29, 1.82) is 0 Å². The average molecular weight is 318 g/mol. The van der Waals surface area contributed by atoms with E-state index in [-0.39, 0.29) is 29.4 Å². The van der Waals surface area contributed by atoms with E-state index < -0.39 is 11.9 Å². The molecule has 7 heteroatoms. The molecule has 1 N–H and O–H groups in total. The Labute approximate surface area is 132 Å². The number of hydrogen-bond acceptors (Lipinski definition) is 5. The molecule has 0 radical (unpaired) electrons. The smallest absolute Gasteiger partial charge is 0.360 e. The highest BCUT2D eigenvalue weighted by atomic mass is 19.1. The molecule has 0 saturated heterocycles. The van der Waals surface area contributed by atoms with Crippen molar-refractivity contribution >= 4 is 11.9 Å². The predicted molar refractivity (Wildman–Crippen MR) is 79.7 cm³/mol. The molecule has 1 aromatic carbocycles. The van der Waals surface area contributed by atoms with Crippen LogP contribution in [0.2, 0.25) is 0 Å². The van der Waals surface area contributed by atoms with Gasteiger partial charge in [-0.05, 0) is 23.8 Å². The van der Waals surface area contributed by atoms with Gasteiger partial charge >= 0.3 is 5.97 Å². The summed E-state index contributed by atoms with van der Waals surface area (Å²) in [6.07, 6.45) is 1.26. The van der Waals surface area contributed by atoms with E-state index in [1.54, 1.807) is 12.1 Å². The van der Waals surface area contributed by atoms with Crippen LogP contribution in [0.5, 0.6) is 5.75 Å². The summed E-state index contributed by atoms with van der Waals surface area (Å²) >= 11 is 0. The van der Waals surface area contributed by atoms with E-state index >= 15 is 0 Å². The van der Waals surface area contributed by atoms with E-state index in [4.69, 9.17) is 4.74 Å². The van der Waals surface area contributed by atoms with Gasteiger partial charge in [0.05, 0.1) is 19.8 Å². The van der Waals surface area contributed by atoms with E-state index in [1.165, 1.54) is 38.6 Å². The molecule has 0 bridgehead atoms. The second kappa shape index (κ2) is 7.35. The Morgan fingerprint density at radius 2 is 1.91 bits per heavy atom. The minimum absolute atomic E-state index is 0.00918. The van der Waals surface area contributed by atoms with Gasteiger partial charge < -0.3 is 14.8 Å². The summed E-state index contributed by atoms with van der Waals surface area (Å²) in [6.45, 7) is 0.236. The number of halogens is 1. The van der Waals surface area contributed by atoms with Gasteiger partial charge in [-0.3, -0.25) is 4.79 Å². The maximum Gasteiger partial charge on any atom is 0.360 e. The Kier molecular flexibility index (Phi) is 5.24. The number of ether oxygens (including phenoxy) is 2. The molecular weight excluding hydrogens is 303 g/mol. The largest absolute Gasteiger partial charge is 0.494 e. The zero-order chi connectivity index (χ0) is 16.8. The number of aromatic nitrogens is 1. The first kappa shape index (κ1) is 16.4. The van der Waals surface area contributed by atoms with E-state index in [0.29, 0.717) is 0 Å². The van der Waals surface area contributed by atoms with E-state index in [2.05, 4.69) is 15.0 Å². The van der Waals surface area contributed by atoms with Crippen LogP contribution in [-0.4, -0.2) is 31.1 Å². The van der Waals surface area contributed by atoms with Crippen molar-refractivity contribution in [2.45, 2.75) is 6.54 Å². The first-order valence-electron chi connectivity index (χ1n) is 6.70. The Hall–Kier alpha value is -2.96. The number of nitrogens with one attached hydrogen (secondary N) is 1. The average Bonchev–Trinajstić information content (AvgIpc) is 2.59. The maximum absolute atomic E-state index is 12.8. The first-order valence-corrected chi connectivity index (χ1v) is 6.70. The number of carbonyl (C=O) groups is 2. The van der Waals surface area contributed by atoms with E-state index in [0.717, 1.165) is 5.56 Å². The van der Waals surface area contributed by atoms with Crippen LogP contribution in [0, 0.1) is 5.82 Å². The fourth-order valence-corrected chi connectivity index (χ4v) is 1.86. The molecule has 1 amide bonds. The molecule has 2 aromatic rings. The van der Waals surface area contributed by atoms with Gasteiger partial charge in [-0.2, -0.15) is 0 Å². The van der Waals surface area contributed by atoms with Crippen LogP contribution in [0.4, 0.5) is 4.39 Å². The summed E-state index contributed by atoms with van der Waals surface area (Å²) < 4.78 is 22.5. The molecular formula is C16H15FN2O4. The summed E-state index contributed by atoms with van der Waals surface area (Å²) in [5.74, 6) is -1.24. The third kappa shape index (κ3) is 4.03. The summed E-state index contributed by atoms with van der Waals surface area (Å²) in [4.78, 5) is 27.5. The number of methoxy groups -OCH3 is 2. The van der Waals surface area contributed by atoms with Crippen molar-refractivity contribution in [3.05, 3.63) is 59.2 Å². The molecule has 23 heavy (non-hydrogen) atoms. The van der Waals surface area contributed by atoms with Crippen molar-refractivity contribution < 1.29 is 23.5 Å². The standard InChI is InChI=1S/C16H15FN2O4/c1-22-13-7-11(9-18-14(13)16(21)23-2)15(20)19-8-10-3-5-12(17)6-4-10/h3-7,9H,8H2,1-2H3,(H,19,20). The molecule has 0 aliphatic rings. The van der Waals surface area contributed by atoms with Gasteiger partial charge in [0.25, 0.3) is 5.91 Å². The lowest BCUT2D eigenvalue weighted by atomic mass is 10.2. The van der Waals surface area contributed by atoms with Gasteiger partial charge in [0.2, 0.25) is 0 Å². The lowest BCUT2D eigenvalue weighted by Gasteiger charge is -2.09. The van der Waals surface area contributed by atoms with E-state index in [1.807, 2.05) is 0 Å². The van der Waals surface area contributed by atoms with Crippen LogP contribution >= 0.6 is 0 Å². The monoisotopic (exact) mass is 318 g/mol. The van der Waals surface area contributed by atoms with Gasteiger partial charge in [-0.1, -0.05) is 12.1 Å². The van der Waals surface area contributed by atoms with Crippen LogP contribution in [0.1, 0.15) is 26.4 Å². The number of esters is 1. The third-order valence-corrected chi connectivity index (χ3v) is 3.08. The Morgan fingerprint density at radius 3 is 2.52 bits per heavy atom. The zero-order valence-corrected chi connectivity index (χ0v) is 12.6. The highest BCUT2D eigenvalue weighted by molar-refractivity contribution is 5.96. The van der Waals surface area contributed by atoms with Crippen LogP contribution < -0.4 is 10.1 Å². The van der Waals surface area contributed by atoms with Gasteiger partial charge in [0.1, 0.15) is 5.82 Å². The first-order chi connectivity index (χ1) is 11.0. The van der Waals surface area contributed by atoms with E-state index in [9.17, 15) is 14.0 Å². The van der Waals surface area contributed by atoms with Crippen LogP contribution in [-0.2, 0) is 11.3 Å². The molecule has 0 fully saturated rings. The molecule has 0 aliphatic carbocycles. The highest BCUT2D eigenvalue weighted by Gasteiger charge is 2.17. The molecule has 120 valence electrons. The summed E-state index contributed by atoms with van der Waals surface area (Å²) in [7, 11) is 2.59. The molecule has 0 spiro atoms. The van der Waals surface area contributed by atoms with Gasteiger partial charge in [-0.25, -0.2) is 14.2 Å². The van der Waals surface area contributed by atoms with Crippen LogP contribution in [0.3, 0.4) is 0 Å². The lowest BCUT2D eigenvalue weighted by molar-refractivity contribution is 0.0589. The molecule has 2 rings (SSSR count). The Bertz CT molecular complexity index is 717. The zero-order valence-electron chi connectivity index (χ0n) is 12.6. The third-order valence-electron chi connectivity index (χ3n) is 3.08. The molecule has 1 heterocycles. The van der Waals surface area contributed by atoms with Gasteiger partial charge in [0, 0.05) is 12.7 Å². The number of rotatable bonds is 5. The normalized spacial score (nSPS) is 10.0. The van der Waals surface area contributed by atoms with Crippen molar-refractivity contribution in [2.75, 3.05) is 14.2 Å². The summed E-state index contributed by atoms with van der Waals surface area (Å²) in [6, 6.07) is 7.19. The number of nitrogens with zero attached hydrogens (tertiary/aromatic N) is 1. The van der Waals surface area contributed by atoms with Crippen molar-refractivity contribution in [3.8, 4) is 5.75 Å². The number of carbonyl (C=O) groups excluding carboxylic acids is 2. The molecule has 1 aromatic heterocycles. The minimum Gasteiger partial charge on any atom is -0.494 e. The SMILES string of the molecule is COC(=O)c1ncc(C(=O)NCc2ccc(F)cc2)cc1OC. The Balaban J connectivity index is 2.10. The second-order valence-electron chi connectivity index (χ2n) is 4.58. The van der Waals surface area contributed by atoms with Crippen LogP contribution in [0.15, 0.2) is 36.5 Å². The number of pyridine rings is 1. The summed E-state index contributed by atoms with van der Waals surface area (Å²) in [5.41, 5.74) is 0.979. The molecule has 0 unspecified atom stereocenters. The van der Waals surface area contributed by atoms with Crippen molar-refractivity contribution in [2.24, 2.45) is 0 Å². The highest BCUT2D eigenvalue weighted by Crippen LogP contribution is 2.18. The topological polar surface area (TPSA) is 77.5 Å². The van der Waals surface area contributed by atoms with Crippen molar-refractivity contribution in [1.82, 2.24) is 10.3 Å². The van der Waals surface area contributed by atoms with Gasteiger partial charge in [-0.15, -0.1) is 0 Å². The molecule has 0 saturated carbocycles. The second-order valence-corrected chi connectivity index (χ2v) is 4.58. The van der Waals surface area contributed by atoms with Crippen LogP contribution in [0.25, 0.3) is 0 Å². The molecule has 0 atom stereocenters. The maximum atomic E-state index is 12.8. The fraction of sp³-hybridized carbons (Fsp3) is 0.188. The fourth-order valence-electron chi connectivity index (χ4n) is 1.86. The number of hydrogen-bond donors (Lipinski definition) is 1. The predicted octanol–water partition coefficient (Wildman–Crippen LogP) is 1.95. The minimum atomic E-state index is -0.653. The lowest BCUT2D eigenvalue weighted by Crippen LogP contribution is -2.23. The van der Waals surface area contributed by atoms with Crippen molar-refractivity contribution in [3.63, 3.8) is 0 Å². The quantitative estimate of drug-likeness (QED) is 0.853. The Morgan fingerprint density at radius 1 is 1.22 bits per heavy atom.